The van der Waals surface area contributed by atoms with Gasteiger partial charge in [-0.3, -0.25) is 0 Å². The molecule has 1 rings (SSSR count). The van der Waals surface area contributed by atoms with Gasteiger partial charge in [0.2, 0.25) is 0 Å². The van der Waals surface area contributed by atoms with Crippen LogP contribution in [-0.4, -0.2) is 11.9 Å². The number of likely N-dealkylation sites (N-methyl/N-ethyl adjacent to an activating group) is 1. The molecule has 62 valence electrons. The Labute approximate surface area is 78.1 Å². The van der Waals surface area contributed by atoms with Gasteiger partial charge in [0.05, 0.1) is 4.86 Å². The van der Waals surface area contributed by atoms with Crippen LogP contribution in [0.15, 0.2) is 42.6 Å². The van der Waals surface area contributed by atoms with E-state index in [4.69, 9.17) is 12.2 Å². The highest BCUT2D eigenvalue weighted by Crippen LogP contribution is 2.05. The van der Waals surface area contributed by atoms with Crippen molar-refractivity contribution in [2.75, 3.05) is 7.05 Å². The highest BCUT2D eigenvalue weighted by Gasteiger charge is 2.01. The van der Waals surface area contributed by atoms with Crippen molar-refractivity contribution in [1.82, 2.24) is 5.32 Å². The smallest absolute Gasteiger partial charge is 0.0674 e. The molecule has 0 amide bonds. The zero-order valence-corrected chi connectivity index (χ0v) is 7.82. The van der Waals surface area contributed by atoms with Gasteiger partial charge in [-0.15, -0.1) is 0 Å². The van der Waals surface area contributed by atoms with Crippen LogP contribution in [0, 0.1) is 0 Å². The predicted octanol–water partition coefficient (Wildman–Crippen LogP) is 2.14. The average molecular weight is 177 g/mol. The molecule has 2 heteroatoms. The second-order valence-corrected chi connectivity index (χ2v) is 2.83. The maximum Gasteiger partial charge on any atom is 0.0674 e. The number of allylic oxidation sites excluding steroid dienone is 1. The first-order valence-corrected chi connectivity index (χ1v) is 4.13. The van der Waals surface area contributed by atoms with Crippen LogP contribution in [-0.2, 0) is 0 Å². The third kappa shape index (κ3) is 1.92. The second kappa shape index (κ2) is 4.02. The Balaban J connectivity index is 2.86. The summed E-state index contributed by atoms with van der Waals surface area (Å²) in [5.74, 6) is 0. The molecule has 0 saturated carbocycles. The molecule has 0 heterocycles. The first kappa shape index (κ1) is 8.94. The minimum atomic E-state index is 0.776. The molecule has 1 N–H and O–H groups in total. The Hall–Kier alpha value is -1.15. The molecule has 0 bridgehead atoms. The van der Waals surface area contributed by atoms with E-state index in [1.54, 1.807) is 0 Å². The normalized spacial score (nSPS) is 9.08. The Bertz CT molecular complexity index is 290. The standard InChI is InChI=1S/C10H11NS/c1-8(11-2)10(12)9-6-4-3-5-7-9/h3-7,11H,1H2,2H3. The maximum atomic E-state index is 5.18. The Morgan fingerprint density at radius 1 is 1.33 bits per heavy atom. The fraction of sp³-hybridized carbons (Fsp3) is 0.100. The van der Waals surface area contributed by atoms with Gasteiger partial charge in [0.25, 0.3) is 0 Å². The Kier molecular flexibility index (Phi) is 3.00. The van der Waals surface area contributed by atoms with Crippen LogP contribution >= 0.6 is 12.2 Å². The van der Waals surface area contributed by atoms with Gasteiger partial charge in [0.1, 0.15) is 0 Å². The van der Waals surface area contributed by atoms with Crippen LogP contribution < -0.4 is 5.32 Å². The van der Waals surface area contributed by atoms with Gasteiger partial charge >= 0.3 is 0 Å². The molecule has 0 aliphatic rings. The number of benzene rings is 1. The largest absolute Gasteiger partial charge is 0.387 e. The van der Waals surface area contributed by atoms with Gasteiger partial charge in [-0.2, -0.15) is 0 Å². The lowest BCUT2D eigenvalue weighted by Gasteiger charge is -2.05. The molecule has 0 spiro atoms. The molecule has 1 aromatic rings. The molecule has 0 aliphatic carbocycles. The quantitative estimate of drug-likeness (QED) is 0.431. The lowest BCUT2D eigenvalue weighted by atomic mass is 10.1. The molecule has 0 saturated heterocycles. The van der Waals surface area contributed by atoms with Gasteiger partial charge in [-0.1, -0.05) is 49.1 Å². The summed E-state index contributed by atoms with van der Waals surface area (Å²) in [7, 11) is 1.82. The predicted molar refractivity (Wildman–Crippen MR) is 56.3 cm³/mol. The van der Waals surface area contributed by atoms with Gasteiger partial charge in [-0.05, 0) is 5.56 Å². The monoisotopic (exact) mass is 177 g/mol. The molecule has 0 fully saturated rings. The topological polar surface area (TPSA) is 12.0 Å². The first-order chi connectivity index (χ1) is 5.75. The molecule has 0 atom stereocenters. The highest BCUT2D eigenvalue weighted by atomic mass is 32.1. The van der Waals surface area contributed by atoms with Crippen LogP contribution in [0.3, 0.4) is 0 Å². The summed E-state index contributed by atoms with van der Waals surface area (Å²) < 4.78 is 0. The van der Waals surface area contributed by atoms with Crippen molar-refractivity contribution in [2.24, 2.45) is 0 Å². The molecule has 12 heavy (non-hydrogen) atoms. The summed E-state index contributed by atoms with van der Waals surface area (Å²) >= 11 is 5.18. The number of nitrogens with one attached hydrogen (secondary N) is 1. The van der Waals surface area contributed by atoms with Gasteiger partial charge in [0, 0.05) is 12.7 Å². The molecule has 1 nitrogen and oxygen atoms in total. The van der Waals surface area contributed by atoms with Crippen molar-refractivity contribution in [3.05, 3.63) is 48.2 Å². The fourth-order valence-electron chi connectivity index (χ4n) is 0.877. The van der Waals surface area contributed by atoms with Crippen molar-refractivity contribution in [2.45, 2.75) is 0 Å². The summed E-state index contributed by atoms with van der Waals surface area (Å²) in [6.07, 6.45) is 0. The Morgan fingerprint density at radius 3 is 2.42 bits per heavy atom. The summed E-state index contributed by atoms with van der Waals surface area (Å²) in [6.45, 7) is 3.80. The minimum Gasteiger partial charge on any atom is -0.387 e. The van der Waals surface area contributed by atoms with Crippen molar-refractivity contribution in [3.63, 3.8) is 0 Å². The third-order valence-corrected chi connectivity index (χ3v) is 2.09. The number of thiocarbonyl (C=S) groups is 1. The summed E-state index contributed by atoms with van der Waals surface area (Å²) in [5, 5.41) is 2.93. The maximum absolute atomic E-state index is 5.18. The van der Waals surface area contributed by atoms with Gasteiger partial charge in [-0.25, -0.2) is 0 Å². The molecule has 0 unspecified atom stereocenters. The van der Waals surface area contributed by atoms with E-state index in [-0.39, 0.29) is 0 Å². The summed E-state index contributed by atoms with van der Waals surface area (Å²) in [6, 6.07) is 9.85. The van der Waals surface area contributed by atoms with Crippen LogP contribution in [0.1, 0.15) is 5.56 Å². The molecule has 0 aromatic heterocycles. The molecule has 0 radical (unpaired) electrons. The van der Waals surface area contributed by atoms with Crippen LogP contribution in [0.25, 0.3) is 0 Å². The van der Waals surface area contributed by atoms with E-state index in [9.17, 15) is 0 Å². The summed E-state index contributed by atoms with van der Waals surface area (Å²) in [5.41, 5.74) is 1.82. The van der Waals surface area contributed by atoms with Crippen molar-refractivity contribution >= 4 is 17.1 Å². The SMILES string of the molecule is C=C(NC)C(=S)c1ccccc1. The Morgan fingerprint density at radius 2 is 1.92 bits per heavy atom. The van der Waals surface area contributed by atoms with E-state index in [1.807, 2.05) is 37.4 Å². The lowest BCUT2D eigenvalue weighted by molar-refractivity contribution is 1.07. The molecular weight excluding hydrogens is 166 g/mol. The number of rotatable bonds is 3. The molecule has 1 aromatic carbocycles. The van der Waals surface area contributed by atoms with Gasteiger partial charge < -0.3 is 5.32 Å². The molecule has 0 aliphatic heterocycles. The van der Waals surface area contributed by atoms with Crippen LogP contribution in [0.5, 0.6) is 0 Å². The highest BCUT2D eigenvalue weighted by molar-refractivity contribution is 7.81. The van der Waals surface area contributed by atoms with E-state index in [0.29, 0.717) is 0 Å². The van der Waals surface area contributed by atoms with Crippen molar-refractivity contribution < 1.29 is 0 Å². The van der Waals surface area contributed by atoms with E-state index in [1.165, 1.54) is 0 Å². The van der Waals surface area contributed by atoms with Crippen LogP contribution in [0.2, 0.25) is 0 Å². The molecular formula is C10H11NS. The second-order valence-electron chi connectivity index (χ2n) is 2.42. The fourth-order valence-corrected chi connectivity index (χ4v) is 1.12. The third-order valence-electron chi connectivity index (χ3n) is 1.61. The van der Waals surface area contributed by atoms with E-state index in [2.05, 4.69) is 11.9 Å². The van der Waals surface area contributed by atoms with E-state index >= 15 is 0 Å². The van der Waals surface area contributed by atoms with Crippen molar-refractivity contribution in [1.29, 1.82) is 0 Å². The number of hydrogen-bond acceptors (Lipinski definition) is 2. The minimum absolute atomic E-state index is 0.776. The number of hydrogen-bond donors (Lipinski definition) is 1. The summed E-state index contributed by atoms with van der Waals surface area (Å²) in [4.78, 5) is 0.776. The van der Waals surface area contributed by atoms with Gasteiger partial charge in [0.15, 0.2) is 0 Å². The zero-order valence-electron chi connectivity index (χ0n) is 7.00. The average Bonchev–Trinajstić information content (AvgIpc) is 2.17. The van der Waals surface area contributed by atoms with E-state index in [0.717, 1.165) is 16.1 Å². The van der Waals surface area contributed by atoms with Crippen LogP contribution in [0.4, 0.5) is 0 Å². The zero-order chi connectivity index (χ0) is 8.97. The van der Waals surface area contributed by atoms with E-state index < -0.39 is 0 Å². The first-order valence-electron chi connectivity index (χ1n) is 3.72. The van der Waals surface area contributed by atoms with Crippen molar-refractivity contribution in [3.8, 4) is 0 Å². The lowest BCUT2D eigenvalue weighted by Crippen LogP contribution is -2.13.